The molecule has 0 fully saturated rings. The summed E-state index contributed by atoms with van der Waals surface area (Å²) in [7, 11) is -4.25. The van der Waals surface area contributed by atoms with Gasteiger partial charge in [-0.15, -0.1) is 0 Å². The first-order valence-corrected chi connectivity index (χ1v) is 7.45. The fourth-order valence-electron chi connectivity index (χ4n) is 1.63. The van der Waals surface area contributed by atoms with E-state index in [9.17, 15) is 17.6 Å². The minimum absolute atomic E-state index is 0.548. The number of carboxylic acid groups (broad SMARTS) is 1. The maximum Gasteiger partial charge on any atom is 0.322 e. The Morgan fingerprint density at radius 1 is 1.35 bits per heavy atom. The van der Waals surface area contributed by atoms with Crippen LogP contribution in [0.4, 0.5) is 4.39 Å². The third kappa shape index (κ3) is 3.77. The molecule has 5 nitrogen and oxygen atoms in total. The van der Waals surface area contributed by atoms with Crippen molar-refractivity contribution >= 4 is 16.0 Å². The summed E-state index contributed by atoms with van der Waals surface area (Å²) < 4.78 is 40.0. The molecule has 1 aromatic carbocycles. The molecular formula is C13H18FNO4S. The van der Waals surface area contributed by atoms with E-state index >= 15 is 0 Å². The summed E-state index contributed by atoms with van der Waals surface area (Å²) in [5.41, 5.74) is -0.284. The van der Waals surface area contributed by atoms with E-state index in [4.69, 9.17) is 5.11 Å². The molecule has 0 aliphatic heterocycles. The lowest BCUT2D eigenvalue weighted by Gasteiger charge is -2.27. The summed E-state index contributed by atoms with van der Waals surface area (Å²) in [5.74, 6) is -2.23. The van der Waals surface area contributed by atoms with Crippen molar-refractivity contribution < 1.29 is 22.7 Å². The van der Waals surface area contributed by atoms with Gasteiger partial charge in [-0.25, -0.2) is 12.8 Å². The maximum atomic E-state index is 13.6. The number of nitrogens with one attached hydrogen (secondary N) is 1. The first-order chi connectivity index (χ1) is 8.95. The average molecular weight is 303 g/mol. The maximum absolute atomic E-state index is 13.6. The standard InChI is InChI=1S/C13H18FNO4S/c1-8-5-6-9(14)10(7-8)20(18,19)15-11(12(16)17)13(2,3)4/h5-7,11,15H,1-4H3,(H,16,17). The third-order valence-corrected chi connectivity index (χ3v) is 4.20. The molecule has 0 radical (unpaired) electrons. The molecule has 0 bridgehead atoms. The molecule has 20 heavy (non-hydrogen) atoms. The third-order valence-electron chi connectivity index (χ3n) is 2.76. The minimum atomic E-state index is -4.25. The Hall–Kier alpha value is -1.47. The average Bonchev–Trinajstić information content (AvgIpc) is 2.27. The van der Waals surface area contributed by atoms with Crippen molar-refractivity contribution in [3.63, 3.8) is 0 Å². The van der Waals surface area contributed by atoms with Crippen molar-refractivity contribution in [2.45, 2.75) is 38.6 Å². The normalized spacial score (nSPS) is 14.1. The first-order valence-electron chi connectivity index (χ1n) is 5.96. The van der Waals surface area contributed by atoms with Gasteiger partial charge in [-0.2, -0.15) is 4.72 Å². The molecule has 2 N–H and O–H groups in total. The molecule has 1 aromatic rings. The second kappa shape index (κ2) is 5.49. The quantitative estimate of drug-likeness (QED) is 0.890. The number of aliphatic carboxylic acids is 1. The number of carbonyl (C=O) groups is 1. The number of carboxylic acids is 1. The van der Waals surface area contributed by atoms with Gasteiger partial charge in [0.1, 0.15) is 16.8 Å². The minimum Gasteiger partial charge on any atom is -0.480 e. The van der Waals surface area contributed by atoms with E-state index in [0.717, 1.165) is 6.07 Å². The Labute approximate surface area is 117 Å². The van der Waals surface area contributed by atoms with E-state index in [1.54, 1.807) is 27.7 Å². The van der Waals surface area contributed by atoms with Crippen LogP contribution in [-0.4, -0.2) is 25.5 Å². The highest BCUT2D eigenvalue weighted by atomic mass is 32.2. The number of aryl methyl sites for hydroxylation is 1. The molecule has 0 amide bonds. The zero-order valence-corrected chi connectivity index (χ0v) is 12.6. The van der Waals surface area contributed by atoms with Crippen LogP contribution in [0.15, 0.2) is 23.1 Å². The second-order valence-electron chi connectivity index (χ2n) is 5.69. The summed E-state index contributed by atoms with van der Waals surface area (Å²) in [6.45, 7) is 6.37. The van der Waals surface area contributed by atoms with Crippen LogP contribution in [0.1, 0.15) is 26.3 Å². The molecule has 0 aliphatic carbocycles. The van der Waals surface area contributed by atoms with Gasteiger partial charge in [0, 0.05) is 0 Å². The molecule has 7 heteroatoms. The topological polar surface area (TPSA) is 83.5 Å². The molecule has 0 spiro atoms. The lowest BCUT2D eigenvalue weighted by atomic mass is 9.88. The van der Waals surface area contributed by atoms with E-state index in [0.29, 0.717) is 5.56 Å². The monoisotopic (exact) mass is 303 g/mol. The van der Waals surface area contributed by atoms with E-state index in [1.165, 1.54) is 12.1 Å². The molecule has 1 unspecified atom stereocenters. The predicted molar refractivity (Wildman–Crippen MR) is 72.3 cm³/mol. The van der Waals surface area contributed by atoms with Crippen LogP contribution in [0.2, 0.25) is 0 Å². The summed E-state index contributed by atoms with van der Waals surface area (Å²) in [5, 5.41) is 9.12. The molecule has 0 heterocycles. The van der Waals surface area contributed by atoms with Gasteiger partial charge in [0.2, 0.25) is 10.0 Å². The molecule has 0 saturated heterocycles. The van der Waals surface area contributed by atoms with Crippen molar-refractivity contribution in [3.8, 4) is 0 Å². The van der Waals surface area contributed by atoms with Crippen LogP contribution in [0.25, 0.3) is 0 Å². The van der Waals surface area contributed by atoms with Gasteiger partial charge < -0.3 is 5.11 Å². The Balaban J connectivity index is 3.24. The van der Waals surface area contributed by atoms with Gasteiger partial charge in [-0.1, -0.05) is 26.8 Å². The van der Waals surface area contributed by atoms with Crippen molar-refractivity contribution in [3.05, 3.63) is 29.6 Å². The molecule has 0 aromatic heterocycles. The zero-order chi connectivity index (χ0) is 15.7. The summed E-state index contributed by atoms with van der Waals surface area (Å²) in [6, 6.07) is 2.29. The van der Waals surface area contributed by atoms with Gasteiger partial charge >= 0.3 is 5.97 Å². The van der Waals surface area contributed by atoms with Crippen molar-refractivity contribution in [2.24, 2.45) is 5.41 Å². The van der Waals surface area contributed by atoms with Crippen molar-refractivity contribution in [1.82, 2.24) is 4.72 Å². The summed E-state index contributed by atoms with van der Waals surface area (Å²) in [4.78, 5) is 10.6. The highest BCUT2D eigenvalue weighted by Crippen LogP contribution is 2.23. The molecular weight excluding hydrogens is 285 g/mol. The van der Waals surface area contributed by atoms with Gasteiger partial charge in [-0.3, -0.25) is 4.79 Å². The SMILES string of the molecule is Cc1ccc(F)c(S(=O)(=O)NC(C(=O)O)C(C)(C)C)c1. The number of rotatable bonds is 4. The summed E-state index contributed by atoms with van der Waals surface area (Å²) in [6.07, 6.45) is 0. The lowest BCUT2D eigenvalue weighted by Crippen LogP contribution is -2.49. The van der Waals surface area contributed by atoms with Gasteiger partial charge in [0.15, 0.2) is 0 Å². The van der Waals surface area contributed by atoms with Crippen molar-refractivity contribution in [2.75, 3.05) is 0 Å². The highest BCUT2D eigenvalue weighted by molar-refractivity contribution is 7.89. The number of halogens is 1. The molecule has 0 aliphatic rings. The Morgan fingerprint density at radius 3 is 2.35 bits per heavy atom. The van der Waals surface area contributed by atoms with Crippen LogP contribution in [0.5, 0.6) is 0 Å². The molecule has 1 rings (SSSR count). The Kier molecular flexibility index (Phi) is 4.55. The van der Waals surface area contributed by atoms with E-state index in [-0.39, 0.29) is 0 Å². The zero-order valence-electron chi connectivity index (χ0n) is 11.8. The van der Waals surface area contributed by atoms with Crippen molar-refractivity contribution in [1.29, 1.82) is 0 Å². The van der Waals surface area contributed by atoms with Gasteiger partial charge in [0.05, 0.1) is 0 Å². The van der Waals surface area contributed by atoms with Crippen LogP contribution in [0.3, 0.4) is 0 Å². The van der Waals surface area contributed by atoms with E-state index in [1.807, 2.05) is 4.72 Å². The number of hydrogen-bond acceptors (Lipinski definition) is 3. The van der Waals surface area contributed by atoms with Crippen LogP contribution in [-0.2, 0) is 14.8 Å². The van der Waals surface area contributed by atoms with E-state index < -0.39 is 38.2 Å². The first kappa shape index (κ1) is 16.6. The van der Waals surface area contributed by atoms with Gasteiger partial charge in [-0.05, 0) is 30.0 Å². The Morgan fingerprint density at radius 2 is 1.90 bits per heavy atom. The fraction of sp³-hybridized carbons (Fsp3) is 0.462. The van der Waals surface area contributed by atoms with E-state index in [2.05, 4.69) is 0 Å². The Bertz CT molecular complexity index is 620. The number of sulfonamides is 1. The predicted octanol–water partition coefficient (Wildman–Crippen LogP) is 1.91. The molecule has 1 atom stereocenters. The van der Waals surface area contributed by atoms with Crippen LogP contribution >= 0.6 is 0 Å². The summed E-state index contributed by atoms with van der Waals surface area (Å²) >= 11 is 0. The molecule has 0 saturated carbocycles. The smallest absolute Gasteiger partial charge is 0.322 e. The number of benzene rings is 1. The van der Waals surface area contributed by atoms with Gasteiger partial charge in [0.25, 0.3) is 0 Å². The largest absolute Gasteiger partial charge is 0.480 e. The second-order valence-corrected chi connectivity index (χ2v) is 7.37. The molecule has 112 valence electrons. The van der Waals surface area contributed by atoms with Crippen LogP contribution in [0, 0.1) is 18.2 Å². The fourth-order valence-corrected chi connectivity index (χ4v) is 3.19. The lowest BCUT2D eigenvalue weighted by molar-refractivity contribution is -0.141. The van der Waals surface area contributed by atoms with Crippen LogP contribution < -0.4 is 4.72 Å². The highest BCUT2D eigenvalue weighted by Gasteiger charge is 2.36. The number of hydrogen-bond donors (Lipinski definition) is 2.